The van der Waals surface area contributed by atoms with Crippen LogP contribution >= 0.6 is 0 Å². The molecule has 1 fully saturated rings. The summed E-state index contributed by atoms with van der Waals surface area (Å²) in [4.78, 5) is 11.6. The standard InChI is InChI=1S/C15H20O4/c1-4-5-11-17-15(3)14(2,18-13(16)19-15)12-9-7-6-8-10-12/h6-10H,4-5,11H2,1-3H3. The number of hydrogen-bond acceptors (Lipinski definition) is 4. The molecule has 0 aliphatic carbocycles. The first-order valence-electron chi connectivity index (χ1n) is 6.63. The average molecular weight is 264 g/mol. The number of benzene rings is 1. The summed E-state index contributed by atoms with van der Waals surface area (Å²) in [7, 11) is 0. The SMILES string of the molecule is CCCCOC1(C)OC(=O)OC1(C)c1ccccc1. The predicted molar refractivity (Wildman–Crippen MR) is 70.6 cm³/mol. The van der Waals surface area contributed by atoms with Gasteiger partial charge in [-0.1, -0.05) is 43.7 Å². The Hall–Kier alpha value is -1.55. The van der Waals surface area contributed by atoms with Crippen LogP contribution in [0.2, 0.25) is 0 Å². The molecule has 0 aromatic heterocycles. The number of carbonyl (C=O) groups is 1. The maximum atomic E-state index is 11.6. The molecule has 104 valence electrons. The number of ether oxygens (including phenoxy) is 3. The molecule has 0 radical (unpaired) electrons. The Morgan fingerprint density at radius 3 is 2.47 bits per heavy atom. The van der Waals surface area contributed by atoms with E-state index in [2.05, 4.69) is 6.92 Å². The predicted octanol–water partition coefficient (Wildman–Crippen LogP) is 3.60. The summed E-state index contributed by atoms with van der Waals surface area (Å²) in [6.07, 6.45) is 1.25. The van der Waals surface area contributed by atoms with E-state index < -0.39 is 17.5 Å². The molecule has 1 aliphatic heterocycles. The van der Waals surface area contributed by atoms with E-state index in [0.29, 0.717) is 6.61 Å². The third-order valence-corrected chi connectivity index (χ3v) is 3.63. The zero-order valence-electron chi connectivity index (χ0n) is 11.6. The van der Waals surface area contributed by atoms with Gasteiger partial charge in [0.1, 0.15) is 0 Å². The summed E-state index contributed by atoms with van der Waals surface area (Å²) in [6, 6.07) is 9.53. The van der Waals surface area contributed by atoms with Gasteiger partial charge in [0.2, 0.25) is 5.60 Å². The average Bonchev–Trinajstić information content (AvgIpc) is 2.62. The zero-order valence-corrected chi connectivity index (χ0v) is 11.6. The summed E-state index contributed by atoms with van der Waals surface area (Å²) in [5, 5.41) is 0. The fraction of sp³-hybridized carbons (Fsp3) is 0.533. The van der Waals surface area contributed by atoms with E-state index in [0.717, 1.165) is 18.4 Å². The Labute approximate surface area is 113 Å². The van der Waals surface area contributed by atoms with Gasteiger partial charge in [-0.25, -0.2) is 4.79 Å². The highest BCUT2D eigenvalue weighted by molar-refractivity contribution is 5.64. The minimum absolute atomic E-state index is 0.534. The normalized spacial score (nSPS) is 29.9. The van der Waals surface area contributed by atoms with Crippen molar-refractivity contribution in [1.82, 2.24) is 0 Å². The van der Waals surface area contributed by atoms with Crippen molar-refractivity contribution in [3.8, 4) is 0 Å². The van der Waals surface area contributed by atoms with Crippen molar-refractivity contribution in [2.45, 2.75) is 45.0 Å². The van der Waals surface area contributed by atoms with Crippen molar-refractivity contribution in [1.29, 1.82) is 0 Å². The highest BCUT2D eigenvalue weighted by Gasteiger charge is 2.59. The van der Waals surface area contributed by atoms with Crippen LogP contribution in [0.5, 0.6) is 0 Å². The molecule has 0 amide bonds. The summed E-state index contributed by atoms with van der Waals surface area (Å²) >= 11 is 0. The number of unbranched alkanes of at least 4 members (excludes halogenated alkanes) is 1. The first kappa shape index (κ1) is 13.9. The van der Waals surface area contributed by atoms with E-state index in [1.807, 2.05) is 37.3 Å². The quantitative estimate of drug-likeness (QED) is 0.602. The van der Waals surface area contributed by atoms with E-state index >= 15 is 0 Å². The van der Waals surface area contributed by atoms with Gasteiger partial charge in [-0.3, -0.25) is 0 Å². The third kappa shape index (κ3) is 2.45. The van der Waals surface area contributed by atoms with Gasteiger partial charge in [-0.05, 0) is 13.3 Å². The largest absolute Gasteiger partial charge is 0.512 e. The van der Waals surface area contributed by atoms with Gasteiger partial charge in [0.25, 0.3) is 5.79 Å². The summed E-state index contributed by atoms with van der Waals surface area (Å²) in [5.41, 5.74) is -0.0705. The Morgan fingerprint density at radius 2 is 1.84 bits per heavy atom. The van der Waals surface area contributed by atoms with Crippen molar-refractivity contribution in [2.24, 2.45) is 0 Å². The lowest BCUT2D eigenvalue weighted by atomic mass is 9.88. The van der Waals surface area contributed by atoms with Crippen LogP contribution in [0.25, 0.3) is 0 Å². The Bertz CT molecular complexity index is 445. The van der Waals surface area contributed by atoms with Crippen LogP contribution in [0, 0.1) is 0 Å². The fourth-order valence-corrected chi connectivity index (χ4v) is 2.19. The van der Waals surface area contributed by atoms with Crippen molar-refractivity contribution >= 4 is 6.16 Å². The fourth-order valence-electron chi connectivity index (χ4n) is 2.19. The van der Waals surface area contributed by atoms with E-state index in [4.69, 9.17) is 14.2 Å². The van der Waals surface area contributed by atoms with E-state index in [9.17, 15) is 4.79 Å². The first-order chi connectivity index (χ1) is 9.02. The molecule has 2 unspecified atom stereocenters. The lowest BCUT2D eigenvalue weighted by Gasteiger charge is -2.35. The van der Waals surface area contributed by atoms with E-state index in [1.54, 1.807) is 6.92 Å². The third-order valence-electron chi connectivity index (χ3n) is 3.63. The lowest BCUT2D eigenvalue weighted by molar-refractivity contribution is -0.226. The second-order valence-electron chi connectivity index (χ2n) is 5.00. The van der Waals surface area contributed by atoms with Crippen LogP contribution in [0.1, 0.15) is 39.2 Å². The molecule has 1 heterocycles. The van der Waals surface area contributed by atoms with Crippen molar-refractivity contribution in [3.05, 3.63) is 35.9 Å². The number of rotatable bonds is 5. The second kappa shape index (κ2) is 5.21. The van der Waals surface area contributed by atoms with Crippen LogP contribution in [0.3, 0.4) is 0 Å². The number of carbonyl (C=O) groups excluding carboxylic acids is 1. The molecular formula is C15H20O4. The molecule has 2 rings (SSSR count). The summed E-state index contributed by atoms with van der Waals surface area (Å²) < 4.78 is 16.5. The molecular weight excluding hydrogens is 244 g/mol. The monoisotopic (exact) mass is 264 g/mol. The second-order valence-corrected chi connectivity index (χ2v) is 5.00. The summed E-state index contributed by atoms with van der Waals surface area (Å²) in [5.74, 6) is -1.10. The highest BCUT2D eigenvalue weighted by Crippen LogP contribution is 2.45. The van der Waals surface area contributed by atoms with Crippen LogP contribution in [0.4, 0.5) is 4.79 Å². The Morgan fingerprint density at radius 1 is 1.16 bits per heavy atom. The molecule has 1 aromatic carbocycles. The van der Waals surface area contributed by atoms with Crippen LogP contribution < -0.4 is 0 Å². The van der Waals surface area contributed by atoms with Crippen molar-refractivity contribution in [3.63, 3.8) is 0 Å². The molecule has 0 spiro atoms. The molecule has 1 aliphatic rings. The van der Waals surface area contributed by atoms with Crippen molar-refractivity contribution in [2.75, 3.05) is 6.61 Å². The molecule has 4 heteroatoms. The van der Waals surface area contributed by atoms with Crippen LogP contribution in [0.15, 0.2) is 30.3 Å². The molecule has 0 saturated carbocycles. The zero-order chi connectivity index (χ0) is 13.9. The Kier molecular flexibility index (Phi) is 3.80. The molecule has 0 bridgehead atoms. The smallest absolute Gasteiger partial charge is 0.416 e. The minimum atomic E-state index is -1.10. The van der Waals surface area contributed by atoms with Crippen LogP contribution in [-0.2, 0) is 19.8 Å². The van der Waals surface area contributed by atoms with Gasteiger partial charge in [0.15, 0.2) is 0 Å². The van der Waals surface area contributed by atoms with Gasteiger partial charge in [-0.2, -0.15) is 0 Å². The van der Waals surface area contributed by atoms with Gasteiger partial charge < -0.3 is 14.2 Å². The topological polar surface area (TPSA) is 44.8 Å². The van der Waals surface area contributed by atoms with E-state index in [1.165, 1.54) is 0 Å². The molecule has 4 nitrogen and oxygen atoms in total. The van der Waals surface area contributed by atoms with Gasteiger partial charge >= 0.3 is 6.16 Å². The highest BCUT2D eigenvalue weighted by atomic mass is 16.9. The molecule has 1 saturated heterocycles. The molecule has 19 heavy (non-hydrogen) atoms. The van der Waals surface area contributed by atoms with Gasteiger partial charge in [0.05, 0.1) is 6.61 Å². The molecule has 2 atom stereocenters. The first-order valence-corrected chi connectivity index (χ1v) is 6.63. The van der Waals surface area contributed by atoms with Crippen molar-refractivity contribution < 1.29 is 19.0 Å². The molecule has 1 aromatic rings. The summed E-state index contributed by atoms with van der Waals surface area (Å²) in [6.45, 7) is 6.19. The number of hydrogen-bond donors (Lipinski definition) is 0. The maximum absolute atomic E-state index is 11.6. The lowest BCUT2D eigenvalue weighted by Crippen LogP contribution is -2.47. The maximum Gasteiger partial charge on any atom is 0.512 e. The van der Waals surface area contributed by atoms with E-state index in [-0.39, 0.29) is 0 Å². The van der Waals surface area contributed by atoms with Gasteiger partial charge in [-0.15, -0.1) is 0 Å². The van der Waals surface area contributed by atoms with Gasteiger partial charge in [0, 0.05) is 12.5 Å². The number of cyclic esters (lactones) is 2. The Balaban J connectivity index is 2.28. The molecule has 0 N–H and O–H groups in total. The minimum Gasteiger partial charge on any atom is -0.416 e. The van der Waals surface area contributed by atoms with Crippen LogP contribution in [-0.4, -0.2) is 18.5 Å².